The van der Waals surface area contributed by atoms with E-state index in [4.69, 9.17) is 21.1 Å². The Bertz CT molecular complexity index is 766. The van der Waals surface area contributed by atoms with Crippen LogP contribution >= 0.6 is 11.6 Å². The Morgan fingerprint density at radius 3 is 2.41 bits per heavy atom. The molecule has 0 atom stereocenters. The number of hydrogen-bond acceptors (Lipinski definition) is 3. The molecule has 5 heteroatoms. The van der Waals surface area contributed by atoms with Crippen molar-refractivity contribution in [2.24, 2.45) is 5.92 Å². The number of ether oxygens (including phenoxy) is 2. The maximum Gasteiger partial charge on any atom is 0.233 e. The van der Waals surface area contributed by atoms with Crippen LogP contribution in [0.25, 0.3) is 0 Å². The third-order valence-electron chi connectivity index (χ3n) is 5.63. The van der Waals surface area contributed by atoms with E-state index in [1.54, 1.807) is 0 Å². The third kappa shape index (κ3) is 3.83. The Labute approximate surface area is 165 Å². The highest BCUT2D eigenvalue weighted by Crippen LogP contribution is 2.39. The van der Waals surface area contributed by atoms with Gasteiger partial charge in [-0.15, -0.1) is 0 Å². The number of hydrogen-bond donors (Lipinski definition) is 0. The number of rotatable bonds is 5. The predicted molar refractivity (Wildman–Crippen MR) is 105 cm³/mol. The average molecular weight is 386 g/mol. The lowest BCUT2D eigenvalue weighted by Crippen LogP contribution is -2.59. The SMILES string of the molecule is O=C(N1CC(COc2ccccc2)C1)C1(c2ccc(Cl)cc2)CCOCC1. The summed E-state index contributed by atoms with van der Waals surface area (Å²) in [7, 11) is 0. The van der Waals surface area contributed by atoms with E-state index in [1.807, 2.05) is 59.5 Å². The minimum atomic E-state index is -0.492. The van der Waals surface area contributed by atoms with Crippen molar-refractivity contribution in [2.45, 2.75) is 18.3 Å². The highest BCUT2D eigenvalue weighted by molar-refractivity contribution is 6.30. The van der Waals surface area contributed by atoms with E-state index in [2.05, 4.69) is 0 Å². The molecule has 2 aliphatic rings. The summed E-state index contributed by atoms with van der Waals surface area (Å²) in [5.74, 6) is 1.48. The summed E-state index contributed by atoms with van der Waals surface area (Å²) < 4.78 is 11.4. The second-order valence-corrected chi connectivity index (χ2v) is 7.84. The number of amides is 1. The van der Waals surface area contributed by atoms with Crippen LogP contribution in [0.15, 0.2) is 54.6 Å². The molecule has 142 valence electrons. The van der Waals surface area contributed by atoms with E-state index in [0.717, 1.165) is 37.2 Å². The zero-order valence-corrected chi connectivity index (χ0v) is 16.0. The predicted octanol–water partition coefficient (Wildman–Crippen LogP) is 3.93. The monoisotopic (exact) mass is 385 g/mol. The first-order valence-electron chi connectivity index (χ1n) is 9.48. The molecule has 2 aliphatic heterocycles. The van der Waals surface area contributed by atoms with Gasteiger partial charge in [0.05, 0.1) is 12.0 Å². The van der Waals surface area contributed by atoms with Gasteiger partial charge in [0.15, 0.2) is 0 Å². The van der Waals surface area contributed by atoms with Crippen molar-refractivity contribution in [3.8, 4) is 5.75 Å². The molecule has 2 saturated heterocycles. The van der Waals surface area contributed by atoms with Crippen LogP contribution < -0.4 is 4.74 Å². The van der Waals surface area contributed by atoms with Gasteiger partial charge in [0.2, 0.25) is 5.91 Å². The lowest BCUT2D eigenvalue weighted by atomic mass is 9.72. The fourth-order valence-electron chi connectivity index (χ4n) is 3.99. The summed E-state index contributed by atoms with van der Waals surface area (Å²) in [5.41, 5.74) is 0.554. The fraction of sp³-hybridized carbons (Fsp3) is 0.409. The van der Waals surface area contributed by atoms with Gasteiger partial charge in [-0.2, -0.15) is 0 Å². The normalized spacial score (nSPS) is 19.4. The van der Waals surface area contributed by atoms with E-state index in [9.17, 15) is 4.79 Å². The first kappa shape index (κ1) is 18.3. The maximum atomic E-state index is 13.4. The fourth-order valence-corrected chi connectivity index (χ4v) is 4.12. The lowest BCUT2D eigenvalue weighted by Gasteiger charge is -2.46. The van der Waals surface area contributed by atoms with Crippen LogP contribution in [0.3, 0.4) is 0 Å². The van der Waals surface area contributed by atoms with Crippen LogP contribution in [0.4, 0.5) is 0 Å². The summed E-state index contributed by atoms with van der Waals surface area (Å²) in [5, 5.41) is 0.690. The molecular weight excluding hydrogens is 362 g/mol. The Morgan fingerprint density at radius 1 is 1.07 bits per heavy atom. The zero-order chi connectivity index (χ0) is 18.7. The smallest absolute Gasteiger partial charge is 0.233 e. The van der Waals surface area contributed by atoms with E-state index < -0.39 is 5.41 Å². The summed E-state index contributed by atoms with van der Waals surface area (Å²) in [4.78, 5) is 15.4. The number of nitrogens with zero attached hydrogens (tertiary/aromatic N) is 1. The maximum absolute atomic E-state index is 13.4. The molecule has 27 heavy (non-hydrogen) atoms. The molecule has 0 N–H and O–H groups in total. The van der Waals surface area contributed by atoms with E-state index in [1.165, 1.54) is 0 Å². The number of likely N-dealkylation sites (tertiary alicyclic amines) is 1. The molecule has 4 rings (SSSR count). The highest BCUT2D eigenvalue weighted by Gasteiger charge is 2.47. The van der Waals surface area contributed by atoms with Gasteiger partial charge in [-0.05, 0) is 42.7 Å². The van der Waals surface area contributed by atoms with Crippen LogP contribution in [0.1, 0.15) is 18.4 Å². The average Bonchev–Trinajstić information content (AvgIpc) is 2.68. The Hall–Kier alpha value is -2.04. The van der Waals surface area contributed by atoms with Gasteiger partial charge in [-0.1, -0.05) is 41.9 Å². The number of para-hydroxylation sites is 1. The van der Waals surface area contributed by atoms with Crippen LogP contribution in [-0.2, 0) is 14.9 Å². The molecular formula is C22H24ClNO3. The van der Waals surface area contributed by atoms with Gasteiger partial charge in [-0.25, -0.2) is 0 Å². The number of carbonyl (C=O) groups excluding carboxylic acids is 1. The van der Waals surface area contributed by atoms with Crippen molar-refractivity contribution in [1.82, 2.24) is 4.90 Å². The molecule has 0 spiro atoms. The quantitative estimate of drug-likeness (QED) is 0.782. The number of halogens is 1. The van der Waals surface area contributed by atoms with Crippen molar-refractivity contribution < 1.29 is 14.3 Å². The topological polar surface area (TPSA) is 38.8 Å². The highest BCUT2D eigenvalue weighted by atomic mass is 35.5. The summed E-state index contributed by atoms with van der Waals surface area (Å²) in [6, 6.07) is 17.5. The largest absolute Gasteiger partial charge is 0.493 e. The molecule has 0 bridgehead atoms. The molecule has 0 saturated carbocycles. The van der Waals surface area contributed by atoms with Gasteiger partial charge in [0.1, 0.15) is 5.75 Å². The molecule has 2 fully saturated rings. The lowest BCUT2D eigenvalue weighted by molar-refractivity contribution is -0.148. The Balaban J connectivity index is 1.40. The molecule has 2 heterocycles. The second kappa shape index (κ2) is 7.91. The molecule has 0 unspecified atom stereocenters. The van der Waals surface area contributed by atoms with Crippen molar-refractivity contribution in [3.63, 3.8) is 0 Å². The zero-order valence-electron chi connectivity index (χ0n) is 15.3. The minimum absolute atomic E-state index is 0.212. The van der Waals surface area contributed by atoms with Crippen molar-refractivity contribution in [3.05, 3.63) is 65.2 Å². The van der Waals surface area contributed by atoms with Gasteiger partial charge in [0, 0.05) is 37.2 Å². The van der Waals surface area contributed by atoms with Crippen molar-refractivity contribution in [1.29, 1.82) is 0 Å². The standard InChI is InChI=1S/C22H24ClNO3/c23-19-8-6-18(7-9-19)22(10-12-26-13-11-22)21(25)24-14-17(15-24)16-27-20-4-2-1-3-5-20/h1-9,17H,10-16H2. The van der Waals surface area contributed by atoms with Crippen LogP contribution in [0, 0.1) is 5.92 Å². The first-order valence-corrected chi connectivity index (χ1v) is 9.86. The molecule has 0 aliphatic carbocycles. The summed E-state index contributed by atoms with van der Waals surface area (Å²) >= 11 is 6.05. The van der Waals surface area contributed by atoms with Crippen LogP contribution in [-0.4, -0.2) is 43.7 Å². The molecule has 2 aromatic rings. The summed E-state index contributed by atoms with van der Waals surface area (Å²) in [6.07, 6.45) is 1.43. The molecule has 4 nitrogen and oxygen atoms in total. The Kier molecular flexibility index (Phi) is 5.37. The minimum Gasteiger partial charge on any atom is -0.493 e. The summed E-state index contributed by atoms with van der Waals surface area (Å²) in [6.45, 7) is 3.38. The van der Waals surface area contributed by atoms with Gasteiger partial charge in [0.25, 0.3) is 0 Å². The van der Waals surface area contributed by atoms with Crippen LogP contribution in [0.2, 0.25) is 5.02 Å². The van der Waals surface area contributed by atoms with Gasteiger partial charge in [-0.3, -0.25) is 4.79 Å². The van der Waals surface area contributed by atoms with E-state index >= 15 is 0 Å². The first-order chi connectivity index (χ1) is 13.2. The molecule has 0 radical (unpaired) electrons. The Morgan fingerprint density at radius 2 is 1.74 bits per heavy atom. The van der Waals surface area contributed by atoms with Gasteiger partial charge < -0.3 is 14.4 Å². The molecule has 0 aromatic heterocycles. The second-order valence-electron chi connectivity index (χ2n) is 7.40. The number of carbonyl (C=O) groups is 1. The van der Waals surface area contributed by atoms with Crippen molar-refractivity contribution in [2.75, 3.05) is 32.9 Å². The number of benzene rings is 2. The third-order valence-corrected chi connectivity index (χ3v) is 5.88. The molecule has 2 aromatic carbocycles. The van der Waals surface area contributed by atoms with E-state index in [-0.39, 0.29) is 5.91 Å². The van der Waals surface area contributed by atoms with Gasteiger partial charge >= 0.3 is 0 Å². The molecule has 1 amide bonds. The van der Waals surface area contributed by atoms with E-state index in [0.29, 0.717) is 30.8 Å². The van der Waals surface area contributed by atoms with Crippen LogP contribution in [0.5, 0.6) is 5.75 Å². The van der Waals surface area contributed by atoms with Crippen molar-refractivity contribution >= 4 is 17.5 Å².